The molecule has 0 unspecified atom stereocenters. The molecule has 6 nitrogen and oxygen atoms in total. The Morgan fingerprint density at radius 3 is 2.52 bits per heavy atom. The van der Waals surface area contributed by atoms with Crippen molar-refractivity contribution in [2.24, 2.45) is 0 Å². The van der Waals surface area contributed by atoms with E-state index in [1.807, 2.05) is 0 Å². The van der Waals surface area contributed by atoms with Crippen molar-refractivity contribution in [2.45, 2.75) is 4.90 Å². The number of sulfonamides is 1. The number of nitrogens with one attached hydrogen (secondary N) is 1. The SMILES string of the molecule is COc1ncc(Cl)nc1NS(=O)(=O)c1ccc(Cl)c(Cl)c1. The van der Waals surface area contributed by atoms with Gasteiger partial charge < -0.3 is 4.74 Å². The molecule has 1 N–H and O–H groups in total. The van der Waals surface area contributed by atoms with Crippen LogP contribution >= 0.6 is 34.8 Å². The van der Waals surface area contributed by atoms with Gasteiger partial charge in [-0.3, -0.25) is 4.72 Å². The summed E-state index contributed by atoms with van der Waals surface area (Å²) < 4.78 is 31.7. The number of anilines is 1. The summed E-state index contributed by atoms with van der Waals surface area (Å²) in [5, 5.41) is 0.377. The molecule has 10 heteroatoms. The van der Waals surface area contributed by atoms with Gasteiger partial charge >= 0.3 is 0 Å². The summed E-state index contributed by atoms with van der Waals surface area (Å²) in [5.74, 6) is -0.140. The largest absolute Gasteiger partial charge is 0.478 e. The lowest BCUT2D eigenvalue weighted by Gasteiger charge is -2.10. The molecule has 0 radical (unpaired) electrons. The molecule has 21 heavy (non-hydrogen) atoms. The number of methoxy groups -OCH3 is 1. The molecule has 2 aromatic rings. The molecular formula is C11H8Cl3N3O3S. The molecule has 1 heterocycles. The van der Waals surface area contributed by atoms with E-state index in [2.05, 4.69) is 14.7 Å². The second-order valence-corrected chi connectivity index (χ2v) is 6.62. The van der Waals surface area contributed by atoms with E-state index < -0.39 is 10.0 Å². The molecule has 0 aliphatic rings. The van der Waals surface area contributed by atoms with Crippen molar-refractivity contribution in [3.05, 3.63) is 39.6 Å². The Kier molecular flexibility index (Phi) is 4.77. The van der Waals surface area contributed by atoms with Crippen LogP contribution in [0.2, 0.25) is 15.2 Å². The highest BCUT2D eigenvalue weighted by Crippen LogP contribution is 2.27. The lowest BCUT2D eigenvalue weighted by atomic mass is 10.4. The molecule has 0 spiro atoms. The van der Waals surface area contributed by atoms with Gasteiger partial charge in [-0.2, -0.15) is 0 Å². The molecule has 0 saturated heterocycles. The van der Waals surface area contributed by atoms with E-state index >= 15 is 0 Å². The van der Waals surface area contributed by atoms with Crippen LogP contribution in [0.5, 0.6) is 5.88 Å². The second kappa shape index (κ2) is 6.23. The number of halogens is 3. The van der Waals surface area contributed by atoms with Crippen LogP contribution in [0, 0.1) is 0 Å². The van der Waals surface area contributed by atoms with E-state index in [-0.39, 0.29) is 31.8 Å². The maximum absolute atomic E-state index is 12.3. The second-order valence-electron chi connectivity index (χ2n) is 3.73. The van der Waals surface area contributed by atoms with Crippen molar-refractivity contribution in [3.8, 4) is 5.88 Å². The van der Waals surface area contributed by atoms with Gasteiger partial charge in [0.15, 0.2) is 0 Å². The Labute approximate surface area is 136 Å². The molecule has 0 bridgehead atoms. The number of rotatable bonds is 4. The first-order valence-corrected chi connectivity index (χ1v) is 7.99. The molecule has 1 aromatic heterocycles. The van der Waals surface area contributed by atoms with Gasteiger partial charge in [-0.15, -0.1) is 0 Å². The van der Waals surface area contributed by atoms with Crippen LogP contribution in [0.3, 0.4) is 0 Å². The Morgan fingerprint density at radius 1 is 1.19 bits per heavy atom. The lowest BCUT2D eigenvalue weighted by molar-refractivity contribution is 0.398. The van der Waals surface area contributed by atoms with Gasteiger partial charge in [0, 0.05) is 0 Å². The molecule has 1 aromatic carbocycles. The first-order chi connectivity index (χ1) is 9.83. The predicted molar refractivity (Wildman–Crippen MR) is 80.9 cm³/mol. The van der Waals surface area contributed by atoms with Crippen LogP contribution in [0.4, 0.5) is 5.82 Å². The number of aromatic nitrogens is 2. The van der Waals surface area contributed by atoms with Crippen LogP contribution in [0.1, 0.15) is 0 Å². The molecule has 0 aliphatic carbocycles. The fourth-order valence-electron chi connectivity index (χ4n) is 1.40. The molecule has 112 valence electrons. The molecule has 2 rings (SSSR count). The molecule has 0 atom stereocenters. The van der Waals surface area contributed by atoms with Crippen molar-refractivity contribution in [1.82, 2.24) is 9.97 Å². The van der Waals surface area contributed by atoms with Gasteiger partial charge in [-0.25, -0.2) is 18.4 Å². The average molecular weight is 369 g/mol. The summed E-state index contributed by atoms with van der Waals surface area (Å²) in [6.07, 6.45) is 1.23. The smallest absolute Gasteiger partial charge is 0.263 e. The minimum Gasteiger partial charge on any atom is -0.478 e. The third kappa shape index (κ3) is 3.68. The topological polar surface area (TPSA) is 81.2 Å². The summed E-state index contributed by atoms with van der Waals surface area (Å²) in [7, 11) is -2.61. The molecule has 0 amide bonds. The van der Waals surface area contributed by atoms with Gasteiger partial charge in [0.25, 0.3) is 15.9 Å². The fourth-order valence-corrected chi connectivity index (χ4v) is 2.92. The van der Waals surface area contributed by atoms with Gasteiger partial charge in [0.05, 0.1) is 28.2 Å². The summed E-state index contributed by atoms with van der Waals surface area (Å²) in [5.41, 5.74) is 0. The van der Waals surface area contributed by atoms with Gasteiger partial charge in [0.2, 0.25) is 5.82 Å². The minimum atomic E-state index is -3.94. The summed E-state index contributed by atoms with van der Waals surface area (Å²) in [6, 6.07) is 3.90. The number of hydrogen-bond donors (Lipinski definition) is 1. The normalized spacial score (nSPS) is 11.2. The molecule has 0 fully saturated rings. The van der Waals surface area contributed by atoms with Crippen LogP contribution in [0.25, 0.3) is 0 Å². The zero-order chi connectivity index (χ0) is 15.6. The summed E-state index contributed by atoms with van der Waals surface area (Å²) in [4.78, 5) is 7.56. The third-order valence-electron chi connectivity index (χ3n) is 2.34. The summed E-state index contributed by atoms with van der Waals surface area (Å²) in [6.45, 7) is 0. The highest BCUT2D eigenvalue weighted by molar-refractivity contribution is 7.92. The first-order valence-electron chi connectivity index (χ1n) is 5.38. The minimum absolute atomic E-state index is 0.0111. The highest BCUT2D eigenvalue weighted by Gasteiger charge is 2.19. The zero-order valence-corrected chi connectivity index (χ0v) is 13.6. The maximum Gasteiger partial charge on any atom is 0.263 e. The predicted octanol–water partition coefficient (Wildman–Crippen LogP) is 3.25. The quantitative estimate of drug-likeness (QED) is 0.896. The molecule has 0 aliphatic heterocycles. The van der Waals surface area contributed by atoms with Crippen LogP contribution in [0.15, 0.2) is 29.3 Å². The number of ether oxygens (including phenoxy) is 1. The van der Waals surface area contributed by atoms with E-state index in [9.17, 15) is 8.42 Å². The number of nitrogens with zero attached hydrogens (tertiary/aromatic N) is 2. The van der Waals surface area contributed by atoms with E-state index in [1.165, 1.54) is 31.5 Å². The van der Waals surface area contributed by atoms with Crippen molar-refractivity contribution in [3.63, 3.8) is 0 Å². The van der Waals surface area contributed by atoms with Crippen molar-refractivity contribution >= 4 is 50.6 Å². The van der Waals surface area contributed by atoms with E-state index in [1.54, 1.807) is 0 Å². The van der Waals surface area contributed by atoms with E-state index in [0.29, 0.717) is 0 Å². The number of hydrogen-bond acceptors (Lipinski definition) is 5. The Bertz CT molecular complexity index is 784. The Balaban J connectivity index is 2.41. The van der Waals surface area contributed by atoms with E-state index in [0.717, 1.165) is 0 Å². The highest BCUT2D eigenvalue weighted by atomic mass is 35.5. The van der Waals surface area contributed by atoms with Gasteiger partial charge in [0.1, 0.15) is 5.15 Å². The molecule has 0 saturated carbocycles. The maximum atomic E-state index is 12.3. The third-order valence-corrected chi connectivity index (χ3v) is 4.59. The van der Waals surface area contributed by atoms with Gasteiger partial charge in [-0.05, 0) is 18.2 Å². The average Bonchev–Trinajstić information content (AvgIpc) is 2.41. The lowest BCUT2D eigenvalue weighted by Crippen LogP contribution is -2.15. The van der Waals surface area contributed by atoms with Crippen molar-refractivity contribution in [2.75, 3.05) is 11.8 Å². The monoisotopic (exact) mass is 367 g/mol. The van der Waals surface area contributed by atoms with Crippen LogP contribution < -0.4 is 9.46 Å². The van der Waals surface area contributed by atoms with Gasteiger partial charge in [-0.1, -0.05) is 34.8 Å². The van der Waals surface area contributed by atoms with E-state index in [4.69, 9.17) is 39.5 Å². The Morgan fingerprint density at radius 2 is 1.90 bits per heavy atom. The van der Waals surface area contributed by atoms with Crippen LogP contribution in [-0.2, 0) is 10.0 Å². The molecular weight excluding hydrogens is 361 g/mol. The van der Waals surface area contributed by atoms with Crippen molar-refractivity contribution < 1.29 is 13.2 Å². The Hall–Kier alpha value is -1.28. The standard InChI is InChI=1S/C11H8Cl3N3O3S/c1-20-11-10(16-9(14)5-15-11)17-21(18,19)6-2-3-7(12)8(13)4-6/h2-5H,1H3,(H,16,17). The first kappa shape index (κ1) is 16.1. The van der Waals surface area contributed by atoms with Crippen LogP contribution in [-0.4, -0.2) is 25.5 Å². The van der Waals surface area contributed by atoms with Crippen molar-refractivity contribution in [1.29, 1.82) is 0 Å². The summed E-state index contributed by atoms with van der Waals surface area (Å²) >= 11 is 17.3. The fraction of sp³-hybridized carbons (Fsp3) is 0.0909. The number of benzene rings is 1. The zero-order valence-electron chi connectivity index (χ0n) is 10.5.